The number of fused-ring (bicyclic) bond motifs is 1. The fourth-order valence-electron chi connectivity index (χ4n) is 2.94. The number of anilines is 1. The zero-order valence-corrected chi connectivity index (χ0v) is 16.8. The molecule has 0 saturated carbocycles. The molecule has 0 aliphatic heterocycles. The summed E-state index contributed by atoms with van der Waals surface area (Å²) in [6.45, 7) is 6.60. The summed E-state index contributed by atoms with van der Waals surface area (Å²) < 4.78 is 35.6. The fraction of sp³-hybridized carbons (Fsp3) is 0.353. The quantitative estimate of drug-likeness (QED) is 0.305. The van der Waals surface area contributed by atoms with Crippen LogP contribution in [0.1, 0.15) is 23.0 Å². The minimum absolute atomic E-state index is 0.0324. The predicted octanol–water partition coefficient (Wildman–Crippen LogP) is 2.52. The second kappa shape index (κ2) is 7.89. The summed E-state index contributed by atoms with van der Waals surface area (Å²) in [6.07, 6.45) is 2.25. The highest BCUT2D eigenvalue weighted by molar-refractivity contribution is 7.92. The van der Waals surface area contributed by atoms with E-state index >= 15 is 0 Å². The number of methoxy groups -OCH3 is 1. The molecule has 0 aliphatic carbocycles. The summed E-state index contributed by atoms with van der Waals surface area (Å²) in [5.74, 6) is -0.535. The number of carbonyl (C=O) groups excluding carboxylic acids is 1. The Balaban J connectivity index is 2.99. The third kappa shape index (κ3) is 3.65. The summed E-state index contributed by atoms with van der Waals surface area (Å²) in [4.78, 5) is 26.2. The molecule has 152 valence electrons. The third-order valence-electron chi connectivity index (χ3n) is 4.09. The van der Waals surface area contributed by atoms with Gasteiger partial charge in [-0.15, -0.1) is 6.58 Å². The second-order valence-corrected chi connectivity index (χ2v) is 7.79. The van der Waals surface area contributed by atoms with E-state index in [9.17, 15) is 23.3 Å². The van der Waals surface area contributed by atoms with E-state index in [4.69, 9.17) is 9.47 Å². The van der Waals surface area contributed by atoms with Crippen LogP contribution in [-0.2, 0) is 14.8 Å². The first-order valence-corrected chi connectivity index (χ1v) is 10.1. The number of ether oxygens (including phenoxy) is 2. The van der Waals surface area contributed by atoms with Crippen LogP contribution in [0, 0.1) is 17.0 Å². The molecule has 1 aromatic carbocycles. The highest BCUT2D eigenvalue weighted by Gasteiger charge is 2.33. The standard InChI is InChI=1S/C17H21N3O7S/c1-6-8-19(28(5,24)25)11-9-12(26-4)15-13(16(11)20(22)23)10(3)14(18-15)17(21)27-7-2/h6,9,18H,1,7-8H2,2-5H3. The number of sulfonamides is 1. The third-order valence-corrected chi connectivity index (χ3v) is 5.24. The molecule has 2 rings (SSSR count). The van der Waals surface area contributed by atoms with Crippen molar-refractivity contribution in [3.63, 3.8) is 0 Å². The van der Waals surface area contributed by atoms with E-state index in [2.05, 4.69) is 11.6 Å². The Labute approximate surface area is 161 Å². The lowest BCUT2D eigenvalue weighted by molar-refractivity contribution is -0.382. The Morgan fingerprint density at radius 3 is 2.57 bits per heavy atom. The van der Waals surface area contributed by atoms with Gasteiger partial charge in [0.25, 0.3) is 0 Å². The highest BCUT2D eigenvalue weighted by atomic mass is 32.2. The van der Waals surface area contributed by atoms with Gasteiger partial charge in [0.2, 0.25) is 10.0 Å². The molecule has 0 saturated heterocycles. The molecule has 1 N–H and O–H groups in total. The number of nitrogens with one attached hydrogen (secondary N) is 1. The van der Waals surface area contributed by atoms with Gasteiger partial charge in [0.05, 0.1) is 42.3 Å². The Morgan fingerprint density at radius 1 is 1.46 bits per heavy atom. The molecule has 0 spiro atoms. The van der Waals surface area contributed by atoms with Crippen molar-refractivity contribution < 1.29 is 27.6 Å². The van der Waals surface area contributed by atoms with Crippen molar-refractivity contribution in [3.8, 4) is 5.75 Å². The maximum absolute atomic E-state index is 12.2. The molecule has 0 radical (unpaired) electrons. The number of hydrogen-bond donors (Lipinski definition) is 1. The lowest BCUT2D eigenvalue weighted by Gasteiger charge is -2.21. The van der Waals surface area contributed by atoms with Gasteiger partial charge in [-0.05, 0) is 19.4 Å². The van der Waals surface area contributed by atoms with Crippen LogP contribution in [0.15, 0.2) is 18.7 Å². The van der Waals surface area contributed by atoms with E-state index in [-0.39, 0.29) is 46.7 Å². The Kier molecular flexibility index (Phi) is 5.98. The Bertz CT molecular complexity index is 1060. The first-order valence-electron chi connectivity index (χ1n) is 8.21. The van der Waals surface area contributed by atoms with E-state index < -0.39 is 26.6 Å². The van der Waals surface area contributed by atoms with E-state index in [0.717, 1.165) is 10.6 Å². The minimum Gasteiger partial charge on any atom is -0.494 e. The summed E-state index contributed by atoms with van der Waals surface area (Å²) in [5, 5.41) is 12.0. The van der Waals surface area contributed by atoms with Gasteiger partial charge in [-0.1, -0.05) is 6.08 Å². The minimum atomic E-state index is -3.86. The van der Waals surface area contributed by atoms with Crippen LogP contribution >= 0.6 is 0 Å². The van der Waals surface area contributed by atoms with Gasteiger partial charge in [0, 0.05) is 6.07 Å². The molecule has 11 heteroatoms. The molecular formula is C17H21N3O7S. The van der Waals surface area contributed by atoms with Gasteiger partial charge < -0.3 is 14.5 Å². The zero-order chi connectivity index (χ0) is 21.2. The molecule has 2 aromatic rings. The summed E-state index contributed by atoms with van der Waals surface area (Å²) in [5.41, 5.74) is -0.162. The van der Waals surface area contributed by atoms with Gasteiger partial charge in [-0.2, -0.15) is 0 Å². The largest absolute Gasteiger partial charge is 0.494 e. The zero-order valence-electron chi connectivity index (χ0n) is 15.9. The van der Waals surface area contributed by atoms with Crippen LogP contribution in [0.2, 0.25) is 0 Å². The summed E-state index contributed by atoms with van der Waals surface area (Å²) >= 11 is 0. The highest BCUT2D eigenvalue weighted by Crippen LogP contribution is 2.44. The molecule has 0 unspecified atom stereocenters. The van der Waals surface area contributed by atoms with E-state index in [0.29, 0.717) is 0 Å². The molecule has 0 amide bonds. The molecular weight excluding hydrogens is 390 g/mol. The smallest absolute Gasteiger partial charge is 0.355 e. The molecule has 0 fully saturated rings. The van der Waals surface area contributed by atoms with Crippen LogP contribution in [0.25, 0.3) is 10.9 Å². The Morgan fingerprint density at radius 2 is 2.11 bits per heavy atom. The van der Waals surface area contributed by atoms with Crippen LogP contribution in [0.3, 0.4) is 0 Å². The Hall–Kier alpha value is -3.08. The molecule has 28 heavy (non-hydrogen) atoms. The number of aromatic amines is 1. The number of nitro groups is 1. The van der Waals surface area contributed by atoms with E-state index in [1.807, 2.05) is 0 Å². The number of esters is 1. The van der Waals surface area contributed by atoms with Crippen molar-refractivity contribution in [2.75, 3.05) is 30.8 Å². The molecule has 1 heterocycles. The van der Waals surface area contributed by atoms with Crippen molar-refractivity contribution in [1.29, 1.82) is 0 Å². The van der Waals surface area contributed by atoms with Crippen molar-refractivity contribution in [3.05, 3.63) is 40.1 Å². The second-order valence-electron chi connectivity index (χ2n) is 5.88. The molecule has 1 aromatic heterocycles. The topological polar surface area (TPSA) is 132 Å². The van der Waals surface area contributed by atoms with Crippen LogP contribution in [0.5, 0.6) is 5.75 Å². The fourth-order valence-corrected chi connectivity index (χ4v) is 3.81. The maximum Gasteiger partial charge on any atom is 0.355 e. The molecule has 0 aliphatic rings. The van der Waals surface area contributed by atoms with Gasteiger partial charge in [0.15, 0.2) is 0 Å². The van der Waals surface area contributed by atoms with Crippen molar-refractivity contribution in [2.24, 2.45) is 0 Å². The number of H-pyrrole nitrogens is 1. The maximum atomic E-state index is 12.2. The van der Waals surface area contributed by atoms with E-state index in [1.54, 1.807) is 6.92 Å². The van der Waals surface area contributed by atoms with Gasteiger partial charge >= 0.3 is 11.7 Å². The monoisotopic (exact) mass is 411 g/mol. The first-order chi connectivity index (χ1) is 13.1. The molecule has 10 nitrogen and oxygen atoms in total. The summed E-state index contributed by atoms with van der Waals surface area (Å²) in [7, 11) is -2.52. The van der Waals surface area contributed by atoms with Gasteiger partial charge in [-0.3, -0.25) is 14.4 Å². The predicted molar refractivity (Wildman–Crippen MR) is 105 cm³/mol. The number of hydrogen-bond acceptors (Lipinski definition) is 7. The van der Waals surface area contributed by atoms with Gasteiger partial charge in [0.1, 0.15) is 17.1 Å². The van der Waals surface area contributed by atoms with Crippen molar-refractivity contribution in [2.45, 2.75) is 13.8 Å². The van der Waals surface area contributed by atoms with Crippen LogP contribution < -0.4 is 9.04 Å². The number of carbonyl (C=O) groups is 1. The van der Waals surface area contributed by atoms with Crippen LogP contribution in [-0.4, -0.2) is 50.8 Å². The normalized spacial score (nSPS) is 11.3. The number of aryl methyl sites for hydroxylation is 1. The lowest BCUT2D eigenvalue weighted by Crippen LogP contribution is -2.30. The molecule has 0 bridgehead atoms. The number of nitrogens with zero attached hydrogens (tertiary/aromatic N) is 2. The molecule has 0 atom stereocenters. The number of benzene rings is 1. The average molecular weight is 411 g/mol. The van der Waals surface area contributed by atoms with Crippen molar-refractivity contribution >= 4 is 38.3 Å². The van der Waals surface area contributed by atoms with Gasteiger partial charge in [-0.25, -0.2) is 13.2 Å². The summed E-state index contributed by atoms with van der Waals surface area (Å²) in [6, 6.07) is 1.25. The van der Waals surface area contributed by atoms with E-state index in [1.165, 1.54) is 26.2 Å². The number of rotatable bonds is 8. The number of aromatic nitrogens is 1. The SMILES string of the molecule is C=CCN(c1cc(OC)c2[nH]c(C(=O)OCC)c(C)c2c1[N+](=O)[O-])S(C)(=O)=O. The van der Waals surface area contributed by atoms with Crippen LogP contribution in [0.4, 0.5) is 11.4 Å². The first kappa shape index (κ1) is 21.2. The van der Waals surface area contributed by atoms with Crippen molar-refractivity contribution in [1.82, 2.24) is 4.98 Å². The lowest BCUT2D eigenvalue weighted by atomic mass is 10.1. The average Bonchev–Trinajstić information content (AvgIpc) is 2.95. The number of nitro benzene ring substituents is 1.